The predicted octanol–water partition coefficient (Wildman–Crippen LogP) is 2.98. The van der Waals surface area contributed by atoms with Crippen LogP contribution in [0.2, 0.25) is 0 Å². The highest BCUT2D eigenvalue weighted by Gasteiger charge is 2.50. The van der Waals surface area contributed by atoms with Gasteiger partial charge in [-0.15, -0.1) is 0 Å². The molecule has 2 aromatic rings. The number of aryl methyl sites for hydroxylation is 2. The van der Waals surface area contributed by atoms with Gasteiger partial charge in [0, 0.05) is 25.5 Å². The Balaban J connectivity index is 1.31. The molecule has 8 heteroatoms. The van der Waals surface area contributed by atoms with Crippen molar-refractivity contribution in [2.24, 2.45) is 23.2 Å². The van der Waals surface area contributed by atoms with Crippen molar-refractivity contribution < 1.29 is 9.59 Å². The zero-order valence-electron chi connectivity index (χ0n) is 19.1. The van der Waals surface area contributed by atoms with Gasteiger partial charge in [-0.25, -0.2) is 14.6 Å². The van der Waals surface area contributed by atoms with E-state index in [2.05, 4.69) is 25.7 Å². The van der Waals surface area contributed by atoms with Crippen LogP contribution in [-0.4, -0.2) is 44.7 Å². The van der Waals surface area contributed by atoms with Crippen molar-refractivity contribution in [3.63, 3.8) is 0 Å². The summed E-state index contributed by atoms with van der Waals surface area (Å²) in [6.45, 7) is 6.75. The minimum Gasteiger partial charge on any atom is -0.351 e. The van der Waals surface area contributed by atoms with E-state index in [0.717, 1.165) is 24.3 Å². The lowest BCUT2D eigenvalue weighted by atomic mass is 9.49. The SMILES string of the molecule is CCNC(=O)c1nc(-n2cc(C(=O)NCC34CC5CC(CC(C5)C3)C4)c(C)n2)ncc1C. The molecule has 4 saturated carbocycles. The molecule has 4 bridgehead atoms. The highest BCUT2D eigenvalue weighted by Crippen LogP contribution is 2.59. The number of hydrogen-bond donors (Lipinski definition) is 2. The zero-order valence-corrected chi connectivity index (χ0v) is 19.1. The molecule has 4 aliphatic carbocycles. The molecule has 0 radical (unpaired) electrons. The number of carbonyl (C=O) groups excluding carboxylic acids is 2. The van der Waals surface area contributed by atoms with Crippen LogP contribution in [0.25, 0.3) is 5.95 Å². The van der Waals surface area contributed by atoms with E-state index >= 15 is 0 Å². The van der Waals surface area contributed by atoms with Gasteiger partial charge in [-0.1, -0.05) is 0 Å². The first-order valence-electron chi connectivity index (χ1n) is 11.8. The van der Waals surface area contributed by atoms with Crippen LogP contribution in [0.4, 0.5) is 0 Å². The summed E-state index contributed by atoms with van der Waals surface area (Å²) in [5, 5.41) is 10.4. The number of hydrogen-bond acceptors (Lipinski definition) is 5. The Bertz CT molecular complexity index is 1020. The molecular weight excluding hydrogens is 404 g/mol. The van der Waals surface area contributed by atoms with Crippen molar-refractivity contribution in [2.45, 2.75) is 59.3 Å². The van der Waals surface area contributed by atoms with E-state index in [4.69, 9.17) is 0 Å². The molecule has 0 saturated heterocycles. The van der Waals surface area contributed by atoms with Gasteiger partial charge < -0.3 is 10.6 Å². The molecule has 2 amide bonds. The summed E-state index contributed by atoms with van der Waals surface area (Å²) < 4.78 is 1.48. The predicted molar refractivity (Wildman–Crippen MR) is 120 cm³/mol. The number of aromatic nitrogens is 4. The van der Waals surface area contributed by atoms with Gasteiger partial charge in [0.25, 0.3) is 17.8 Å². The van der Waals surface area contributed by atoms with Gasteiger partial charge in [0.05, 0.1) is 11.3 Å². The first-order valence-corrected chi connectivity index (χ1v) is 11.8. The van der Waals surface area contributed by atoms with E-state index in [1.807, 2.05) is 13.8 Å². The lowest BCUT2D eigenvalue weighted by Crippen LogP contribution is -2.51. The van der Waals surface area contributed by atoms with E-state index in [-0.39, 0.29) is 23.2 Å². The molecule has 8 nitrogen and oxygen atoms in total. The monoisotopic (exact) mass is 436 g/mol. The summed E-state index contributed by atoms with van der Waals surface area (Å²) in [5.74, 6) is 2.52. The summed E-state index contributed by atoms with van der Waals surface area (Å²) in [6.07, 6.45) is 11.2. The Kier molecular flexibility index (Phi) is 5.26. The smallest absolute Gasteiger partial charge is 0.270 e. The molecule has 2 heterocycles. The van der Waals surface area contributed by atoms with Crippen LogP contribution in [0.15, 0.2) is 12.4 Å². The number of nitrogens with zero attached hydrogens (tertiary/aromatic N) is 4. The minimum atomic E-state index is -0.244. The second-order valence-corrected chi connectivity index (χ2v) is 10.2. The average Bonchev–Trinajstić information content (AvgIpc) is 3.13. The van der Waals surface area contributed by atoms with Crippen molar-refractivity contribution in [3.8, 4) is 5.95 Å². The summed E-state index contributed by atoms with van der Waals surface area (Å²) >= 11 is 0. The van der Waals surface area contributed by atoms with Crippen LogP contribution in [0.3, 0.4) is 0 Å². The molecular formula is C24H32N6O2. The minimum absolute atomic E-state index is 0.0967. The summed E-state index contributed by atoms with van der Waals surface area (Å²) in [6, 6.07) is 0. The fourth-order valence-electron chi connectivity index (χ4n) is 6.67. The van der Waals surface area contributed by atoms with Crippen molar-refractivity contribution in [3.05, 3.63) is 34.9 Å². The molecule has 2 N–H and O–H groups in total. The van der Waals surface area contributed by atoms with Crippen LogP contribution in [0.1, 0.15) is 77.6 Å². The van der Waals surface area contributed by atoms with Gasteiger partial charge in [0.1, 0.15) is 5.69 Å². The largest absolute Gasteiger partial charge is 0.351 e. The van der Waals surface area contributed by atoms with Crippen LogP contribution in [0.5, 0.6) is 0 Å². The van der Waals surface area contributed by atoms with Gasteiger partial charge in [-0.2, -0.15) is 5.10 Å². The molecule has 0 spiro atoms. The number of nitrogens with one attached hydrogen (secondary N) is 2. The zero-order chi connectivity index (χ0) is 22.5. The van der Waals surface area contributed by atoms with Crippen LogP contribution >= 0.6 is 0 Å². The van der Waals surface area contributed by atoms with Crippen molar-refractivity contribution in [1.29, 1.82) is 0 Å². The summed E-state index contributed by atoms with van der Waals surface area (Å²) in [4.78, 5) is 34.0. The molecule has 0 aromatic carbocycles. The fourth-order valence-corrected chi connectivity index (χ4v) is 6.67. The topological polar surface area (TPSA) is 102 Å². The van der Waals surface area contributed by atoms with Crippen molar-refractivity contribution in [2.75, 3.05) is 13.1 Å². The molecule has 0 unspecified atom stereocenters. The number of carbonyl (C=O) groups is 2. The first-order chi connectivity index (χ1) is 15.4. The second-order valence-electron chi connectivity index (χ2n) is 10.2. The highest BCUT2D eigenvalue weighted by molar-refractivity contribution is 5.95. The maximum Gasteiger partial charge on any atom is 0.270 e. The lowest BCUT2D eigenvalue weighted by molar-refractivity contribution is -0.0503. The van der Waals surface area contributed by atoms with E-state index in [9.17, 15) is 9.59 Å². The van der Waals surface area contributed by atoms with Gasteiger partial charge in [-0.3, -0.25) is 9.59 Å². The second kappa shape index (κ2) is 7.98. The van der Waals surface area contributed by atoms with Crippen molar-refractivity contribution >= 4 is 11.8 Å². The lowest BCUT2D eigenvalue weighted by Gasteiger charge is -2.56. The number of amides is 2. The number of rotatable bonds is 6. The quantitative estimate of drug-likeness (QED) is 0.725. The molecule has 0 atom stereocenters. The fraction of sp³-hybridized carbons (Fsp3) is 0.625. The van der Waals surface area contributed by atoms with Gasteiger partial charge in [0.15, 0.2) is 0 Å². The first kappa shape index (κ1) is 21.1. The van der Waals surface area contributed by atoms with Gasteiger partial charge >= 0.3 is 0 Å². The molecule has 4 fully saturated rings. The maximum absolute atomic E-state index is 13.0. The van der Waals surface area contributed by atoms with Crippen molar-refractivity contribution in [1.82, 2.24) is 30.4 Å². The molecule has 6 rings (SSSR count). The van der Waals surface area contributed by atoms with Gasteiger partial charge in [-0.05, 0) is 88.0 Å². The summed E-state index contributed by atoms with van der Waals surface area (Å²) in [5.41, 5.74) is 2.45. The molecule has 2 aromatic heterocycles. The normalized spacial score (nSPS) is 28.0. The standard InChI is InChI=1S/C24H32N6O2/c1-4-25-22(32)20-14(2)11-26-23(28-20)30-12-19(15(3)29-30)21(31)27-13-24-8-16-5-17(9-24)7-18(6-16)10-24/h11-12,16-18H,4-10,13H2,1-3H3,(H,25,32)(H,27,31). The van der Waals surface area contributed by atoms with Crippen LogP contribution in [0, 0.1) is 37.0 Å². The van der Waals surface area contributed by atoms with E-state index in [1.165, 1.54) is 43.2 Å². The molecule has 4 aliphatic rings. The molecule has 32 heavy (non-hydrogen) atoms. The maximum atomic E-state index is 13.0. The van der Waals surface area contributed by atoms with Gasteiger partial charge in [0.2, 0.25) is 0 Å². The van der Waals surface area contributed by atoms with Crippen LogP contribution < -0.4 is 10.6 Å². The Labute approximate surface area is 188 Å². The summed E-state index contributed by atoms with van der Waals surface area (Å²) in [7, 11) is 0. The Morgan fingerprint density at radius 1 is 1.06 bits per heavy atom. The average molecular weight is 437 g/mol. The van der Waals surface area contributed by atoms with E-state index in [1.54, 1.807) is 19.3 Å². The Morgan fingerprint density at radius 3 is 2.34 bits per heavy atom. The highest BCUT2D eigenvalue weighted by atomic mass is 16.2. The molecule has 0 aliphatic heterocycles. The third kappa shape index (κ3) is 3.80. The van der Waals surface area contributed by atoms with E-state index < -0.39 is 0 Å². The van der Waals surface area contributed by atoms with Crippen LogP contribution in [-0.2, 0) is 0 Å². The Hall–Kier alpha value is -2.77. The third-order valence-corrected chi connectivity index (χ3v) is 7.65. The Morgan fingerprint density at radius 2 is 1.72 bits per heavy atom. The third-order valence-electron chi connectivity index (χ3n) is 7.65. The molecule has 170 valence electrons. The van der Waals surface area contributed by atoms with E-state index in [0.29, 0.717) is 29.1 Å².